The third-order valence-electron chi connectivity index (χ3n) is 5.23. The molecule has 2 aliphatic rings. The number of hydrogen-bond acceptors (Lipinski definition) is 5. The highest BCUT2D eigenvalue weighted by Crippen LogP contribution is 2.37. The molecule has 7 heteroatoms. The van der Waals surface area contributed by atoms with E-state index in [0.717, 1.165) is 19.3 Å². The molecule has 2 aliphatic carbocycles. The van der Waals surface area contributed by atoms with Crippen molar-refractivity contribution in [1.29, 1.82) is 0 Å². The van der Waals surface area contributed by atoms with Crippen molar-refractivity contribution < 1.29 is 14.3 Å². The number of nitrogens with one attached hydrogen (secondary N) is 1. The fourth-order valence-electron chi connectivity index (χ4n) is 3.81. The molecule has 0 radical (unpaired) electrons. The Hall–Kier alpha value is -1.99. The summed E-state index contributed by atoms with van der Waals surface area (Å²) in [5.74, 6) is -0.0272. The van der Waals surface area contributed by atoms with Gasteiger partial charge in [0.25, 0.3) is 0 Å². The van der Waals surface area contributed by atoms with Gasteiger partial charge in [-0.05, 0) is 37.3 Å². The number of rotatable bonds is 8. The summed E-state index contributed by atoms with van der Waals surface area (Å²) in [6.45, 7) is 2.49. The van der Waals surface area contributed by atoms with E-state index >= 15 is 0 Å². The van der Waals surface area contributed by atoms with Crippen molar-refractivity contribution in [1.82, 2.24) is 10.3 Å². The summed E-state index contributed by atoms with van der Waals surface area (Å²) in [7, 11) is 0. The number of nitrogens with two attached hydrogens (primary N) is 1. The predicted octanol–water partition coefficient (Wildman–Crippen LogP) is 2.81. The molecule has 0 saturated heterocycles. The molecule has 2 atom stereocenters. The average molecular weight is 390 g/mol. The Balaban J connectivity index is 1.79. The minimum Gasteiger partial charge on any atom is -0.372 e. The van der Waals surface area contributed by atoms with Gasteiger partial charge in [0.15, 0.2) is 0 Å². The van der Waals surface area contributed by atoms with E-state index in [4.69, 9.17) is 10.5 Å². The van der Waals surface area contributed by atoms with Gasteiger partial charge in [-0.15, -0.1) is 11.3 Å². The fourth-order valence-corrected chi connectivity index (χ4v) is 4.66. The molecule has 1 aromatic rings. The molecule has 6 nitrogen and oxygen atoms in total. The Morgan fingerprint density at radius 3 is 2.81 bits per heavy atom. The quantitative estimate of drug-likeness (QED) is 0.715. The van der Waals surface area contributed by atoms with Gasteiger partial charge in [-0.2, -0.15) is 0 Å². The lowest BCUT2D eigenvalue weighted by Crippen LogP contribution is -2.51. The molecular weight excluding hydrogens is 362 g/mol. The standard InChI is InChI=1S/C20H27N3O3S/c1-2-10-26-16-13-15(23-17(24)12-14-5-3-4-6-14)7-8-20(16,18(21)25)19-22-9-11-27-19/h7-9,11,13-14,16H,2-6,10,12H2,1H3,(H2,21,25)(H,23,24). The molecule has 2 unspecified atom stereocenters. The number of carbonyl (C=O) groups excluding carboxylic acids is 2. The van der Waals surface area contributed by atoms with Gasteiger partial charge in [0.1, 0.15) is 16.5 Å². The van der Waals surface area contributed by atoms with Crippen LogP contribution in [0, 0.1) is 5.92 Å². The molecule has 1 heterocycles. The van der Waals surface area contributed by atoms with Gasteiger partial charge < -0.3 is 15.8 Å². The lowest BCUT2D eigenvalue weighted by atomic mass is 9.78. The third-order valence-corrected chi connectivity index (χ3v) is 6.16. The summed E-state index contributed by atoms with van der Waals surface area (Å²) in [5, 5.41) is 5.37. The zero-order valence-electron chi connectivity index (χ0n) is 15.6. The van der Waals surface area contributed by atoms with E-state index in [-0.39, 0.29) is 5.91 Å². The first-order chi connectivity index (χ1) is 13.1. The monoisotopic (exact) mass is 389 g/mol. The number of amides is 2. The summed E-state index contributed by atoms with van der Waals surface area (Å²) < 4.78 is 5.97. The molecule has 2 amide bonds. The van der Waals surface area contributed by atoms with Crippen LogP contribution < -0.4 is 11.1 Å². The van der Waals surface area contributed by atoms with Gasteiger partial charge >= 0.3 is 0 Å². The van der Waals surface area contributed by atoms with E-state index in [0.29, 0.717) is 29.7 Å². The highest BCUT2D eigenvalue weighted by molar-refractivity contribution is 7.09. The van der Waals surface area contributed by atoms with Crippen molar-refractivity contribution in [3.05, 3.63) is 40.5 Å². The van der Waals surface area contributed by atoms with Crippen molar-refractivity contribution in [2.45, 2.75) is 57.0 Å². The fraction of sp³-hybridized carbons (Fsp3) is 0.550. The molecule has 1 aromatic heterocycles. The van der Waals surface area contributed by atoms with Crippen molar-refractivity contribution >= 4 is 23.2 Å². The predicted molar refractivity (Wildman–Crippen MR) is 105 cm³/mol. The molecular formula is C20H27N3O3S. The van der Waals surface area contributed by atoms with Crippen molar-refractivity contribution in [3.63, 3.8) is 0 Å². The van der Waals surface area contributed by atoms with E-state index in [1.807, 2.05) is 12.3 Å². The maximum Gasteiger partial charge on any atom is 0.237 e. The van der Waals surface area contributed by atoms with Crippen LogP contribution in [-0.4, -0.2) is 29.5 Å². The number of hydrogen-bond donors (Lipinski definition) is 2. The molecule has 0 aromatic carbocycles. The zero-order chi connectivity index (χ0) is 19.3. The SMILES string of the molecule is CCCOC1C=C(NC(=O)CC2CCCC2)C=CC1(C(N)=O)c1nccs1. The van der Waals surface area contributed by atoms with Crippen LogP contribution in [0.15, 0.2) is 35.5 Å². The molecule has 3 rings (SSSR count). The Kier molecular flexibility index (Phi) is 6.44. The average Bonchev–Trinajstić information content (AvgIpc) is 3.34. The molecule has 3 N–H and O–H groups in total. The molecule has 0 spiro atoms. The van der Waals surface area contributed by atoms with Crippen LogP contribution in [-0.2, 0) is 19.7 Å². The summed E-state index contributed by atoms with van der Waals surface area (Å²) in [6, 6.07) is 0. The summed E-state index contributed by atoms with van der Waals surface area (Å²) >= 11 is 1.37. The molecule has 0 aliphatic heterocycles. The first-order valence-corrected chi connectivity index (χ1v) is 10.5. The number of primary amides is 1. The van der Waals surface area contributed by atoms with Gasteiger partial charge in [0.05, 0.1) is 0 Å². The zero-order valence-corrected chi connectivity index (χ0v) is 16.5. The van der Waals surface area contributed by atoms with E-state index in [1.165, 1.54) is 24.2 Å². The van der Waals surface area contributed by atoms with Crippen LogP contribution in [0.25, 0.3) is 0 Å². The van der Waals surface area contributed by atoms with Crippen LogP contribution in [0.5, 0.6) is 0 Å². The number of carbonyl (C=O) groups is 2. The van der Waals surface area contributed by atoms with E-state index in [9.17, 15) is 9.59 Å². The number of thiazole rings is 1. The highest BCUT2D eigenvalue weighted by atomic mass is 32.1. The van der Waals surface area contributed by atoms with E-state index in [2.05, 4.69) is 10.3 Å². The van der Waals surface area contributed by atoms with Crippen molar-refractivity contribution in [2.75, 3.05) is 6.61 Å². The molecule has 27 heavy (non-hydrogen) atoms. The highest BCUT2D eigenvalue weighted by Gasteiger charge is 2.47. The summed E-state index contributed by atoms with van der Waals surface area (Å²) in [5.41, 5.74) is 5.29. The Morgan fingerprint density at radius 2 is 2.19 bits per heavy atom. The van der Waals surface area contributed by atoms with Gasteiger partial charge in [0.2, 0.25) is 11.8 Å². The smallest absolute Gasteiger partial charge is 0.237 e. The lowest BCUT2D eigenvalue weighted by molar-refractivity contribution is -0.126. The maximum absolute atomic E-state index is 12.4. The number of ether oxygens (including phenoxy) is 1. The Bertz CT molecular complexity index is 723. The summed E-state index contributed by atoms with van der Waals surface area (Å²) in [4.78, 5) is 29.1. The van der Waals surface area contributed by atoms with Crippen LogP contribution in [0.1, 0.15) is 50.5 Å². The lowest BCUT2D eigenvalue weighted by Gasteiger charge is -2.35. The van der Waals surface area contributed by atoms with Gasteiger partial charge in [-0.3, -0.25) is 9.59 Å². The van der Waals surface area contributed by atoms with E-state index in [1.54, 1.807) is 24.4 Å². The van der Waals surface area contributed by atoms with Crippen LogP contribution >= 0.6 is 11.3 Å². The van der Waals surface area contributed by atoms with Crippen LogP contribution in [0.2, 0.25) is 0 Å². The van der Waals surface area contributed by atoms with Gasteiger partial charge in [-0.1, -0.05) is 25.8 Å². The first kappa shape index (κ1) is 19.8. The topological polar surface area (TPSA) is 94.3 Å². The minimum absolute atomic E-state index is 0.00728. The number of allylic oxidation sites excluding steroid dienone is 1. The second-order valence-electron chi connectivity index (χ2n) is 7.22. The second-order valence-corrected chi connectivity index (χ2v) is 8.11. The van der Waals surface area contributed by atoms with Crippen LogP contribution in [0.3, 0.4) is 0 Å². The first-order valence-electron chi connectivity index (χ1n) is 9.58. The van der Waals surface area contributed by atoms with Crippen molar-refractivity contribution in [2.24, 2.45) is 11.7 Å². The van der Waals surface area contributed by atoms with Gasteiger partial charge in [0, 0.05) is 30.3 Å². The maximum atomic E-state index is 12.4. The molecule has 1 fully saturated rings. The second kappa shape index (κ2) is 8.80. The van der Waals surface area contributed by atoms with Gasteiger partial charge in [-0.25, -0.2) is 4.98 Å². The summed E-state index contributed by atoms with van der Waals surface area (Å²) in [6.07, 6.45) is 12.3. The van der Waals surface area contributed by atoms with Crippen LogP contribution in [0.4, 0.5) is 0 Å². The number of nitrogens with zero attached hydrogens (tertiary/aromatic N) is 1. The normalized spacial score (nSPS) is 25.4. The van der Waals surface area contributed by atoms with Crippen molar-refractivity contribution in [3.8, 4) is 0 Å². The third kappa shape index (κ3) is 4.30. The minimum atomic E-state index is -1.15. The number of aromatic nitrogens is 1. The molecule has 146 valence electrons. The molecule has 1 saturated carbocycles. The van der Waals surface area contributed by atoms with E-state index < -0.39 is 17.4 Å². The largest absolute Gasteiger partial charge is 0.372 e. The Labute approximate surface area is 163 Å². The Morgan fingerprint density at radius 1 is 1.41 bits per heavy atom. The molecule has 0 bridgehead atoms.